The van der Waals surface area contributed by atoms with Crippen LogP contribution in [0.25, 0.3) is 6.08 Å². The highest BCUT2D eigenvalue weighted by Gasteiger charge is 2.41. The Labute approximate surface area is 144 Å². The lowest BCUT2D eigenvalue weighted by atomic mass is 10.1. The van der Waals surface area contributed by atoms with Gasteiger partial charge >= 0.3 is 0 Å². The van der Waals surface area contributed by atoms with Crippen molar-refractivity contribution in [3.8, 4) is 0 Å². The lowest BCUT2D eigenvalue weighted by Gasteiger charge is -2.30. The van der Waals surface area contributed by atoms with Gasteiger partial charge in [0, 0.05) is 11.4 Å². The average molecular weight is 341 g/mol. The summed E-state index contributed by atoms with van der Waals surface area (Å²) in [6.45, 7) is 4.75. The number of ketones is 1. The monoisotopic (exact) mass is 340 g/mol. The van der Waals surface area contributed by atoms with Gasteiger partial charge in [0.2, 0.25) is 0 Å². The van der Waals surface area contributed by atoms with Crippen LogP contribution in [0.5, 0.6) is 0 Å². The third-order valence-corrected chi connectivity index (χ3v) is 9.35. The summed E-state index contributed by atoms with van der Waals surface area (Å²) in [5.74, 6) is 0.307. The molecule has 3 rings (SSSR count). The first-order chi connectivity index (χ1) is 11.0. The van der Waals surface area contributed by atoms with E-state index < -0.39 is 8.07 Å². The van der Waals surface area contributed by atoms with Crippen LogP contribution < -0.4 is 5.19 Å². The highest BCUT2D eigenvalue weighted by atomic mass is 35.5. The molecule has 2 aromatic rings. The number of halogens is 1. The van der Waals surface area contributed by atoms with Crippen LogP contribution in [-0.4, -0.2) is 13.9 Å². The van der Waals surface area contributed by atoms with Crippen molar-refractivity contribution >= 4 is 36.7 Å². The van der Waals surface area contributed by atoms with Crippen LogP contribution in [0.4, 0.5) is 0 Å². The molecule has 0 N–H and O–H groups in total. The normalized spacial score (nSPS) is 20.2. The molecule has 1 saturated carbocycles. The zero-order valence-corrected chi connectivity index (χ0v) is 15.3. The van der Waals surface area contributed by atoms with E-state index in [1.807, 2.05) is 24.3 Å². The number of rotatable bonds is 3. The maximum Gasteiger partial charge on any atom is 0.158 e. The second-order valence-electron chi connectivity index (χ2n) is 6.75. The van der Waals surface area contributed by atoms with E-state index in [1.165, 1.54) is 5.19 Å². The Morgan fingerprint density at radius 1 is 1.04 bits per heavy atom. The third-order valence-electron chi connectivity index (χ3n) is 4.94. The number of allylic oxidation sites excluding steroid dienone is 1. The van der Waals surface area contributed by atoms with Crippen LogP contribution in [0.1, 0.15) is 18.4 Å². The van der Waals surface area contributed by atoms with Crippen molar-refractivity contribution in [1.82, 2.24) is 0 Å². The van der Waals surface area contributed by atoms with Crippen molar-refractivity contribution in [1.29, 1.82) is 0 Å². The Morgan fingerprint density at radius 3 is 2.35 bits per heavy atom. The quantitative estimate of drug-likeness (QED) is 0.563. The number of carbonyl (C=O) groups excluding carboxylic acids is 1. The highest BCUT2D eigenvalue weighted by molar-refractivity contribution is 6.92. The molecule has 1 unspecified atom stereocenters. The van der Waals surface area contributed by atoms with Crippen molar-refractivity contribution in [3.05, 3.63) is 70.8 Å². The maximum absolute atomic E-state index is 12.5. The number of benzene rings is 2. The lowest BCUT2D eigenvalue weighted by Crippen LogP contribution is -2.45. The van der Waals surface area contributed by atoms with Gasteiger partial charge in [-0.2, -0.15) is 0 Å². The summed E-state index contributed by atoms with van der Waals surface area (Å²) in [6.07, 6.45) is 3.73. The Balaban J connectivity index is 1.98. The first kappa shape index (κ1) is 16.2. The smallest absolute Gasteiger partial charge is 0.158 e. The molecule has 1 atom stereocenters. The van der Waals surface area contributed by atoms with Crippen LogP contribution in [0.15, 0.2) is 60.2 Å². The molecule has 1 aliphatic carbocycles. The zero-order chi connectivity index (χ0) is 16.4. The summed E-state index contributed by atoms with van der Waals surface area (Å²) in [5, 5.41) is 2.14. The van der Waals surface area contributed by atoms with Crippen LogP contribution in [0, 0.1) is 0 Å². The first-order valence-electron chi connectivity index (χ1n) is 8.04. The SMILES string of the molecule is C[Si](C)(c1ccccc1)C1CCC(=O)/C1=C/c1ccc(Cl)cc1. The molecule has 0 aromatic heterocycles. The van der Waals surface area contributed by atoms with Crippen molar-refractivity contribution < 1.29 is 4.79 Å². The summed E-state index contributed by atoms with van der Waals surface area (Å²) >= 11 is 5.96. The van der Waals surface area contributed by atoms with Crippen LogP contribution >= 0.6 is 11.6 Å². The fourth-order valence-electron chi connectivity index (χ4n) is 3.51. The van der Waals surface area contributed by atoms with E-state index in [1.54, 1.807) is 0 Å². The molecule has 1 fully saturated rings. The number of carbonyl (C=O) groups is 1. The Kier molecular flexibility index (Phi) is 4.56. The molecule has 0 aliphatic heterocycles. The molecule has 0 heterocycles. The van der Waals surface area contributed by atoms with E-state index in [2.05, 4.69) is 49.5 Å². The van der Waals surface area contributed by atoms with Gasteiger partial charge < -0.3 is 0 Å². The number of Topliss-reactive ketones (excluding diaryl/α,β-unsaturated/α-hetero) is 1. The van der Waals surface area contributed by atoms with Gasteiger partial charge in [-0.05, 0) is 41.3 Å². The predicted octanol–water partition coefficient (Wildman–Crippen LogP) is 5.07. The number of hydrogen-bond donors (Lipinski definition) is 0. The zero-order valence-electron chi connectivity index (χ0n) is 13.6. The molecule has 118 valence electrons. The number of hydrogen-bond acceptors (Lipinski definition) is 1. The summed E-state index contributed by atoms with van der Waals surface area (Å²) in [7, 11) is -1.73. The summed E-state index contributed by atoms with van der Waals surface area (Å²) in [6, 6.07) is 18.4. The van der Waals surface area contributed by atoms with E-state index in [-0.39, 0.29) is 0 Å². The Hall–Kier alpha value is -1.64. The molecule has 0 radical (unpaired) electrons. The van der Waals surface area contributed by atoms with Crippen LogP contribution in [-0.2, 0) is 4.79 Å². The second kappa shape index (κ2) is 6.46. The van der Waals surface area contributed by atoms with Gasteiger partial charge in [-0.25, -0.2) is 0 Å². The minimum absolute atomic E-state index is 0.307. The molecule has 0 saturated heterocycles. The fourth-order valence-corrected chi connectivity index (χ4v) is 6.98. The Bertz CT molecular complexity index is 732. The van der Waals surface area contributed by atoms with E-state index in [0.29, 0.717) is 17.7 Å². The van der Waals surface area contributed by atoms with E-state index in [0.717, 1.165) is 22.6 Å². The molecule has 2 aromatic carbocycles. The van der Waals surface area contributed by atoms with Crippen LogP contribution in [0.2, 0.25) is 23.7 Å². The van der Waals surface area contributed by atoms with Gasteiger partial charge in [-0.1, -0.05) is 72.3 Å². The van der Waals surface area contributed by atoms with Gasteiger partial charge in [-0.15, -0.1) is 0 Å². The van der Waals surface area contributed by atoms with E-state index in [4.69, 9.17) is 11.6 Å². The van der Waals surface area contributed by atoms with Gasteiger partial charge in [0.05, 0.1) is 8.07 Å². The standard InChI is InChI=1S/C20H21ClOSi/c1-23(2,17-6-4-3-5-7-17)20-13-12-19(22)18(20)14-15-8-10-16(21)11-9-15/h3-11,14,20H,12-13H2,1-2H3/b18-14-. The molecular formula is C20H21ClOSi. The van der Waals surface area contributed by atoms with Gasteiger partial charge in [0.15, 0.2) is 5.78 Å². The Morgan fingerprint density at radius 2 is 1.70 bits per heavy atom. The largest absolute Gasteiger partial charge is 0.295 e. The third kappa shape index (κ3) is 3.33. The van der Waals surface area contributed by atoms with E-state index in [9.17, 15) is 4.79 Å². The molecule has 1 aliphatic rings. The van der Waals surface area contributed by atoms with Crippen LogP contribution in [0.3, 0.4) is 0 Å². The molecule has 0 bridgehead atoms. The second-order valence-corrected chi connectivity index (χ2v) is 11.9. The summed E-state index contributed by atoms with van der Waals surface area (Å²) in [5.41, 5.74) is 2.45. The molecule has 3 heteroatoms. The predicted molar refractivity (Wildman–Crippen MR) is 101 cm³/mol. The maximum atomic E-state index is 12.5. The average Bonchev–Trinajstić information content (AvgIpc) is 2.92. The molecular weight excluding hydrogens is 320 g/mol. The lowest BCUT2D eigenvalue weighted by molar-refractivity contribution is -0.114. The minimum atomic E-state index is -1.73. The van der Waals surface area contributed by atoms with Crippen molar-refractivity contribution in [2.75, 3.05) is 0 Å². The molecule has 0 spiro atoms. The van der Waals surface area contributed by atoms with Gasteiger partial charge in [0.25, 0.3) is 0 Å². The fraction of sp³-hybridized carbons (Fsp3) is 0.250. The highest BCUT2D eigenvalue weighted by Crippen LogP contribution is 2.41. The van der Waals surface area contributed by atoms with Crippen molar-refractivity contribution in [3.63, 3.8) is 0 Å². The summed E-state index contributed by atoms with van der Waals surface area (Å²) in [4.78, 5) is 12.5. The first-order valence-corrected chi connectivity index (χ1v) is 11.5. The summed E-state index contributed by atoms with van der Waals surface area (Å²) < 4.78 is 0. The minimum Gasteiger partial charge on any atom is -0.295 e. The van der Waals surface area contributed by atoms with Gasteiger partial charge in [0.1, 0.15) is 0 Å². The molecule has 1 nitrogen and oxygen atoms in total. The molecule has 0 amide bonds. The van der Waals surface area contributed by atoms with Crippen molar-refractivity contribution in [2.24, 2.45) is 0 Å². The van der Waals surface area contributed by atoms with Crippen molar-refractivity contribution in [2.45, 2.75) is 31.5 Å². The van der Waals surface area contributed by atoms with Gasteiger partial charge in [-0.3, -0.25) is 4.79 Å². The topological polar surface area (TPSA) is 17.1 Å². The van der Waals surface area contributed by atoms with E-state index >= 15 is 0 Å². The molecule has 23 heavy (non-hydrogen) atoms.